The van der Waals surface area contributed by atoms with Crippen LogP contribution in [0.3, 0.4) is 0 Å². The van der Waals surface area contributed by atoms with Crippen LogP contribution in [-0.4, -0.2) is 11.1 Å². The van der Waals surface area contributed by atoms with Crippen molar-refractivity contribution in [1.82, 2.24) is 4.98 Å². The lowest BCUT2D eigenvalue weighted by Crippen LogP contribution is -2.21. The van der Waals surface area contributed by atoms with E-state index in [0.717, 1.165) is 17.3 Å². The Kier molecular flexibility index (Phi) is 3.78. The number of rotatable bonds is 3. The minimum atomic E-state index is 0.409. The third kappa shape index (κ3) is 3.20. The summed E-state index contributed by atoms with van der Waals surface area (Å²) in [6.45, 7) is 2.89. The van der Waals surface area contributed by atoms with Crippen LogP contribution in [0.5, 0.6) is 0 Å². The van der Waals surface area contributed by atoms with E-state index in [2.05, 4.69) is 11.9 Å². The van der Waals surface area contributed by atoms with Crippen molar-refractivity contribution < 1.29 is 4.74 Å². The van der Waals surface area contributed by atoms with Crippen LogP contribution in [0.1, 0.15) is 38.3 Å². The van der Waals surface area contributed by atoms with Crippen molar-refractivity contribution in [3.63, 3.8) is 0 Å². The lowest BCUT2D eigenvalue weighted by molar-refractivity contribution is 0.00323. The number of pyridine rings is 1. The molecule has 1 aromatic rings. The number of nitrogen functional groups attached to an aromatic ring is 1. The molecule has 1 heterocycles. The van der Waals surface area contributed by atoms with Crippen molar-refractivity contribution >= 4 is 5.69 Å². The van der Waals surface area contributed by atoms with Crippen LogP contribution >= 0.6 is 0 Å². The topological polar surface area (TPSA) is 48.1 Å². The molecule has 0 bridgehead atoms. The molecule has 0 radical (unpaired) electrons. The van der Waals surface area contributed by atoms with E-state index in [4.69, 9.17) is 10.5 Å². The molecule has 2 rings (SSSR count). The zero-order valence-electron chi connectivity index (χ0n) is 9.86. The van der Waals surface area contributed by atoms with Crippen molar-refractivity contribution in [2.24, 2.45) is 5.92 Å². The van der Waals surface area contributed by atoms with Crippen molar-refractivity contribution in [3.8, 4) is 0 Å². The van der Waals surface area contributed by atoms with Gasteiger partial charge in [0.05, 0.1) is 18.4 Å². The fraction of sp³-hybridized carbons (Fsp3) is 0.615. The highest BCUT2D eigenvalue weighted by molar-refractivity contribution is 5.36. The van der Waals surface area contributed by atoms with Crippen molar-refractivity contribution in [2.45, 2.75) is 45.3 Å². The average molecular weight is 220 g/mol. The molecule has 1 saturated carbocycles. The summed E-state index contributed by atoms with van der Waals surface area (Å²) < 4.78 is 5.88. The van der Waals surface area contributed by atoms with Crippen LogP contribution in [-0.2, 0) is 11.3 Å². The molecule has 1 aromatic heterocycles. The van der Waals surface area contributed by atoms with E-state index >= 15 is 0 Å². The van der Waals surface area contributed by atoms with Gasteiger partial charge in [-0.15, -0.1) is 0 Å². The predicted octanol–water partition coefficient (Wildman–Crippen LogP) is 2.76. The lowest BCUT2D eigenvalue weighted by atomic mass is 9.89. The fourth-order valence-corrected chi connectivity index (χ4v) is 2.31. The zero-order valence-corrected chi connectivity index (χ0v) is 9.86. The Morgan fingerprint density at radius 2 is 2.38 bits per heavy atom. The molecule has 3 heteroatoms. The maximum Gasteiger partial charge on any atom is 0.0892 e. The number of anilines is 1. The third-order valence-corrected chi connectivity index (χ3v) is 3.20. The molecule has 2 unspecified atom stereocenters. The monoisotopic (exact) mass is 220 g/mol. The maximum absolute atomic E-state index is 5.88. The first-order valence-electron chi connectivity index (χ1n) is 6.06. The van der Waals surface area contributed by atoms with Gasteiger partial charge >= 0.3 is 0 Å². The molecule has 16 heavy (non-hydrogen) atoms. The van der Waals surface area contributed by atoms with Crippen molar-refractivity contribution in [3.05, 3.63) is 24.0 Å². The normalized spacial score (nSPS) is 25.6. The Hall–Kier alpha value is -1.09. The molecule has 3 nitrogen and oxygen atoms in total. The first-order chi connectivity index (χ1) is 7.74. The summed E-state index contributed by atoms with van der Waals surface area (Å²) in [6, 6.07) is 3.68. The molecule has 88 valence electrons. The molecule has 0 aromatic carbocycles. The Morgan fingerprint density at radius 1 is 1.50 bits per heavy atom. The van der Waals surface area contributed by atoms with Crippen LogP contribution in [0.15, 0.2) is 18.3 Å². The van der Waals surface area contributed by atoms with E-state index in [1.165, 1.54) is 25.7 Å². The van der Waals surface area contributed by atoms with Crippen LogP contribution in [0, 0.1) is 5.92 Å². The minimum Gasteiger partial charge on any atom is -0.399 e. The van der Waals surface area contributed by atoms with E-state index in [1.54, 1.807) is 12.3 Å². The van der Waals surface area contributed by atoms with Gasteiger partial charge in [0.1, 0.15) is 0 Å². The summed E-state index contributed by atoms with van der Waals surface area (Å²) in [7, 11) is 0. The molecule has 0 amide bonds. The second-order valence-corrected chi connectivity index (χ2v) is 4.79. The largest absolute Gasteiger partial charge is 0.399 e. The number of aromatic nitrogens is 1. The highest BCUT2D eigenvalue weighted by atomic mass is 16.5. The van der Waals surface area contributed by atoms with Gasteiger partial charge < -0.3 is 10.5 Å². The van der Waals surface area contributed by atoms with Crippen LogP contribution in [0.25, 0.3) is 0 Å². The number of ether oxygens (including phenoxy) is 1. The van der Waals surface area contributed by atoms with Gasteiger partial charge in [0.25, 0.3) is 0 Å². The lowest BCUT2D eigenvalue weighted by Gasteiger charge is -2.26. The summed E-state index contributed by atoms with van der Waals surface area (Å²) >= 11 is 0. The van der Waals surface area contributed by atoms with E-state index in [-0.39, 0.29) is 0 Å². The minimum absolute atomic E-state index is 0.409. The van der Waals surface area contributed by atoms with Crippen LogP contribution in [0.4, 0.5) is 5.69 Å². The molecular formula is C13H20N2O. The van der Waals surface area contributed by atoms with Gasteiger partial charge in [-0.05, 0) is 30.9 Å². The van der Waals surface area contributed by atoms with E-state index < -0.39 is 0 Å². The Labute approximate surface area is 97.0 Å². The molecule has 0 saturated heterocycles. The molecule has 0 spiro atoms. The summed E-state index contributed by atoms with van der Waals surface area (Å²) in [4.78, 5) is 4.24. The second-order valence-electron chi connectivity index (χ2n) is 4.79. The highest BCUT2D eigenvalue weighted by Crippen LogP contribution is 2.26. The number of nitrogens with zero attached hydrogens (tertiary/aromatic N) is 1. The van der Waals surface area contributed by atoms with Crippen molar-refractivity contribution in [2.75, 3.05) is 5.73 Å². The molecule has 1 fully saturated rings. The van der Waals surface area contributed by atoms with Gasteiger partial charge in [-0.1, -0.05) is 19.8 Å². The molecular weight excluding hydrogens is 200 g/mol. The number of hydrogen-bond donors (Lipinski definition) is 1. The van der Waals surface area contributed by atoms with E-state index in [1.807, 2.05) is 6.07 Å². The first kappa shape index (κ1) is 11.4. The number of hydrogen-bond acceptors (Lipinski definition) is 3. The molecule has 2 atom stereocenters. The Balaban J connectivity index is 1.82. The zero-order chi connectivity index (χ0) is 11.4. The standard InChI is InChI=1S/C13H20N2O/c1-10-3-2-4-13(7-10)16-9-12-8-11(14)5-6-15-12/h5-6,8,10,13H,2-4,7,9H2,1H3,(H2,14,15). The van der Waals surface area contributed by atoms with Gasteiger partial charge in [-0.2, -0.15) is 0 Å². The molecule has 1 aliphatic rings. The maximum atomic E-state index is 5.88. The molecule has 0 aliphatic heterocycles. The summed E-state index contributed by atoms with van der Waals surface area (Å²) in [5, 5.41) is 0. The highest BCUT2D eigenvalue weighted by Gasteiger charge is 2.19. The van der Waals surface area contributed by atoms with Gasteiger partial charge in [0.2, 0.25) is 0 Å². The van der Waals surface area contributed by atoms with Crippen LogP contribution in [0.2, 0.25) is 0 Å². The first-order valence-corrected chi connectivity index (χ1v) is 6.06. The molecule has 2 N–H and O–H groups in total. The van der Waals surface area contributed by atoms with E-state index in [0.29, 0.717) is 12.7 Å². The van der Waals surface area contributed by atoms with Crippen molar-refractivity contribution in [1.29, 1.82) is 0 Å². The molecule has 1 aliphatic carbocycles. The van der Waals surface area contributed by atoms with Gasteiger partial charge in [-0.3, -0.25) is 4.98 Å². The Morgan fingerprint density at radius 3 is 3.12 bits per heavy atom. The average Bonchev–Trinajstić information content (AvgIpc) is 2.27. The summed E-state index contributed by atoms with van der Waals surface area (Å²) in [5.74, 6) is 0.799. The third-order valence-electron chi connectivity index (χ3n) is 3.20. The van der Waals surface area contributed by atoms with E-state index in [9.17, 15) is 0 Å². The van der Waals surface area contributed by atoms with Gasteiger partial charge in [0, 0.05) is 11.9 Å². The van der Waals surface area contributed by atoms with Gasteiger partial charge in [-0.25, -0.2) is 0 Å². The summed E-state index contributed by atoms with van der Waals surface area (Å²) in [6.07, 6.45) is 7.14. The van der Waals surface area contributed by atoms with Gasteiger partial charge in [0.15, 0.2) is 0 Å². The smallest absolute Gasteiger partial charge is 0.0892 e. The second kappa shape index (κ2) is 5.30. The number of nitrogens with two attached hydrogens (primary N) is 1. The fourth-order valence-electron chi connectivity index (χ4n) is 2.31. The Bertz CT molecular complexity index is 340. The predicted molar refractivity (Wildman–Crippen MR) is 64.9 cm³/mol. The summed E-state index contributed by atoms with van der Waals surface area (Å²) in [5.41, 5.74) is 7.38. The van der Waals surface area contributed by atoms with Crippen LogP contribution < -0.4 is 5.73 Å². The SMILES string of the molecule is CC1CCCC(OCc2cc(N)ccn2)C1. The quantitative estimate of drug-likeness (QED) is 0.852.